The molecule has 2 aliphatic rings. The second kappa shape index (κ2) is 9.20. The van der Waals surface area contributed by atoms with Gasteiger partial charge in [-0.1, -0.05) is 19.8 Å². The van der Waals surface area contributed by atoms with Crippen LogP contribution in [0.3, 0.4) is 0 Å². The highest BCUT2D eigenvalue weighted by Crippen LogP contribution is 2.47. The van der Waals surface area contributed by atoms with Crippen molar-refractivity contribution >= 4 is 29.4 Å². The zero-order chi connectivity index (χ0) is 20.9. The summed E-state index contributed by atoms with van der Waals surface area (Å²) >= 11 is 0. The van der Waals surface area contributed by atoms with Gasteiger partial charge in [0.2, 0.25) is 5.91 Å². The molecule has 6 nitrogen and oxygen atoms in total. The van der Waals surface area contributed by atoms with Gasteiger partial charge in [-0.2, -0.15) is 0 Å². The van der Waals surface area contributed by atoms with Crippen LogP contribution >= 0.6 is 0 Å². The number of rotatable bonds is 5. The molecule has 1 aromatic heterocycles. The van der Waals surface area contributed by atoms with Gasteiger partial charge in [0.05, 0.1) is 0 Å². The largest absolute Gasteiger partial charge is 0.461 e. The van der Waals surface area contributed by atoms with E-state index in [-0.39, 0.29) is 11.9 Å². The molecular weight excluding hydrogens is 378 g/mol. The Kier molecular flexibility index (Phi) is 6.21. The summed E-state index contributed by atoms with van der Waals surface area (Å²) in [4.78, 5) is 26.4. The summed E-state index contributed by atoms with van der Waals surface area (Å²) in [5.41, 5.74) is 1.39. The van der Waals surface area contributed by atoms with Crippen LogP contribution in [0.5, 0.6) is 0 Å². The molecule has 6 heteroatoms. The Labute approximate surface area is 177 Å². The lowest BCUT2D eigenvalue weighted by Gasteiger charge is -2.20. The van der Waals surface area contributed by atoms with Crippen LogP contribution in [-0.4, -0.2) is 29.9 Å². The second-order valence-electron chi connectivity index (χ2n) is 8.29. The first kappa shape index (κ1) is 20.3. The van der Waals surface area contributed by atoms with Crippen molar-refractivity contribution < 1.29 is 14.0 Å². The Morgan fingerprint density at radius 3 is 2.23 bits per heavy atom. The third-order valence-corrected chi connectivity index (χ3v) is 5.82. The molecule has 2 fully saturated rings. The highest BCUT2D eigenvalue weighted by Gasteiger charge is 2.36. The number of amides is 3. The molecule has 1 aliphatic heterocycles. The van der Waals surface area contributed by atoms with Gasteiger partial charge < -0.3 is 20.0 Å². The third-order valence-electron chi connectivity index (χ3n) is 5.82. The molecule has 4 rings (SSSR count). The molecule has 0 bridgehead atoms. The summed E-state index contributed by atoms with van der Waals surface area (Å²) in [6, 6.07) is 11.0. The first-order valence-electron chi connectivity index (χ1n) is 10.8. The minimum absolute atomic E-state index is 0.0602. The SMILES string of the molecule is CC1CC1c1ccc(/C=C/C(=O)Nc2ccc(NC(=O)N3CCCCCC3)cc2)o1. The number of nitrogens with one attached hydrogen (secondary N) is 2. The Bertz CT molecular complexity index is 908. The molecule has 158 valence electrons. The van der Waals surface area contributed by atoms with E-state index in [9.17, 15) is 9.59 Å². The molecule has 3 amide bonds. The monoisotopic (exact) mass is 407 g/mol. The van der Waals surface area contributed by atoms with Crippen LogP contribution in [0.1, 0.15) is 56.5 Å². The van der Waals surface area contributed by atoms with E-state index in [4.69, 9.17) is 4.42 Å². The van der Waals surface area contributed by atoms with Crippen LogP contribution in [0.15, 0.2) is 46.9 Å². The molecule has 2 aromatic rings. The van der Waals surface area contributed by atoms with Crippen molar-refractivity contribution in [2.75, 3.05) is 23.7 Å². The minimum atomic E-state index is -0.228. The number of hydrogen-bond acceptors (Lipinski definition) is 3. The molecular formula is C24H29N3O3. The van der Waals surface area contributed by atoms with Crippen LogP contribution < -0.4 is 10.6 Å². The van der Waals surface area contributed by atoms with E-state index in [2.05, 4.69) is 17.6 Å². The average Bonchev–Trinajstić information content (AvgIpc) is 3.39. The van der Waals surface area contributed by atoms with E-state index in [1.807, 2.05) is 17.0 Å². The van der Waals surface area contributed by atoms with Crippen LogP contribution in [0.25, 0.3) is 6.08 Å². The fourth-order valence-electron chi connectivity index (χ4n) is 3.83. The highest BCUT2D eigenvalue weighted by atomic mass is 16.3. The van der Waals surface area contributed by atoms with Crippen molar-refractivity contribution in [1.82, 2.24) is 4.90 Å². The van der Waals surface area contributed by atoms with E-state index in [1.54, 1.807) is 30.3 Å². The number of urea groups is 1. The van der Waals surface area contributed by atoms with Crippen molar-refractivity contribution in [1.29, 1.82) is 0 Å². The van der Waals surface area contributed by atoms with Crippen molar-refractivity contribution in [3.63, 3.8) is 0 Å². The third kappa shape index (κ3) is 5.32. The molecule has 2 unspecified atom stereocenters. The summed E-state index contributed by atoms with van der Waals surface area (Å²) in [6.45, 7) is 3.83. The number of anilines is 2. The number of benzene rings is 1. The van der Waals surface area contributed by atoms with Crippen LogP contribution in [0, 0.1) is 5.92 Å². The molecule has 2 heterocycles. The number of furan rings is 1. The molecule has 1 aliphatic carbocycles. The van der Waals surface area contributed by atoms with Crippen LogP contribution in [-0.2, 0) is 4.79 Å². The lowest BCUT2D eigenvalue weighted by molar-refractivity contribution is -0.111. The molecule has 0 radical (unpaired) electrons. The summed E-state index contributed by atoms with van der Waals surface area (Å²) in [7, 11) is 0. The zero-order valence-electron chi connectivity index (χ0n) is 17.4. The van der Waals surface area contributed by atoms with Crippen molar-refractivity contribution in [2.45, 2.75) is 44.9 Å². The number of carbonyl (C=O) groups is 2. The van der Waals surface area contributed by atoms with Crippen molar-refractivity contribution in [3.05, 3.63) is 54.0 Å². The fraction of sp³-hybridized carbons (Fsp3) is 0.417. The predicted octanol–water partition coefficient (Wildman–Crippen LogP) is 5.46. The topological polar surface area (TPSA) is 74.6 Å². The Morgan fingerprint density at radius 2 is 1.60 bits per heavy atom. The molecule has 0 spiro atoms. The quantitative estimate of drug-likeness (QED) is 0.646. The van der Waals surface area contributed by atoms with E-state index in [0.717, 1.165) is 37.4 Å². The zero-order valence-corrected chi connectivity index (χ0v) is 17.4. The van der Waals surface area contributed by atoms with Gasteiger partial charge in [0.1, 0.15) is 11.5 Å². The van der Waals surface area contributed by atoms with Crippen LogP contribution in [0.2, 0.25) is 0 Å². The maximum Gasteiger partial charge on any atom is 0.321 e. The molecule has 1 saturated heterocycles. The highest BCUT2D eigenvalue weighted by molar-refractivity contribution is 6.02. The van der Waals surface area contributed by atoms with Crippen LogP contribution in [0.4, 0.5) is 16.2 Å². The maximum absolute atomic E-state index is 12.4. The lowest BCUT2D eigenvalue weighted by Crippen LogP contribution is -2.35. The molecule has 30 heavy (non-hydrogen) atoms. The van der Waals surface area contributed by atoms with E-state index >= 15 is 0 Å². The first-order chi connectivity index (χ1) is 14.6. The molecule has 2 atom stereocenters. The van der Waals surface area contributed by atoms with E-state index < -0.39 is 0 Å². The average molecular weight is 408 g/mol. The van der Waals surface area contributed by atoms with Gasteiger partial charge in [0.25, 0.3) is 0 Å². The summed E-state index contributed by atoms with van der Waals surface area (Å²) in [5, 5.41) is 5.76. The predicted molar refractivity (Wildman–Crippen MR) is 118 cm³/mol. The number of hydrogen-bond donors (Lipinski definition) is 2. The number of carbonyl (C=O) groups excluding carboxylic acids is 2. The van der Waals surface area contributed by atoms with Gasteiger partial charge in [-0.15, -0.1) is 0 Å². The lowest BCUT2D eigenvalue weighted by atomic mass is 10.2. The van der Waals surface area contributed by atoms with Crippen molar-refractivity contribution in [3.8, 4) is 0 Å². The van der Waals surface area contributed by atoms with Gasteiger partial charge in [0.15, 0.2) is 0 Å². The summed E-state index contributed by atoms with van der Waals surface area (Å²) in [6.07, 6.45) is 8.82. The second-order valence-corrected chi connectivity index (χ2v) is 8.29. The van der Waals surface area contributed by atoms with Crippen molar-refractivity contribution in [2.24, 2.45) is 5.92 Å². The van der Waals surface area contributed by atoms with Gasteiger partial charge in [-0.3, -0.25) is 4.79 Å². The number of nitrogens with zero attached hydrogens (tertiary/aromatic N) is 1. The first-order valence-corrected chi connectivity index (χ1v) is 10.8. The van der Waals surface area contributed by atoms with E-state index in [0.29, 0.717) is 23.3 Å². The normalized spacial score (nSPS) is 21.3. The van der Waals surface area contributed by atoms with Gasteiger partial charge in [-0.05, 0) is 67.7 Å². The Hall–Kier alpha value is -3.02. The molecule has 2 N–H and O–H groups in total. The number of likely N-dealkylation sites (tertiary alicyclic amines) is 1. The summed E-state index contributed by atoms with van der Waals surface area (Å²) in [5.74, 6) is 2.67. The van der Waals surface area contributed by atoms with Gasteiger partial charge in [0, 0.05) is 36.5 Å². The van der Waals surface area contributed by atoms with Gasteiger partial charge >= 0.3 is 6.03 Å². The Balaban J connectivity index is 1.27. The molecule has 1 aromatic carbocycles. The minimum Gasteiger partial charge on any atom is -0.461 e. The Morgan fingerprint density at radius 1 is 0.967 bits per heavy atom. The van der Waals surface area contributed by atoms with Gasteiger partial charge in [-0.25, -0.2) is 4.79 Å². The smallest absolute Gasteiger partial charge is 0.321 e. The molecule has 1 saturated carbocycles. The van der Waals surface area contributed by atoms with E-state index in [1.165, 1.54) is 25.3 Å². The maximum atomic E-state index is 12.4. The fourth-order valence-corrected chi connectivity index (χ4v) is 3.83. The summed E-state index contributed by atoms with van der Waals surface area (Å²) < 4.78 is 5.78. The standard InChI is InChI=1S/C24H29N3O3/c1-17-16-21(17)22-12-10-20(30-22)11-13-23(28)25-18-6-8-19(9-7-18)26-24(29)27-14-4-2-3-5-15-27/h6-13,17,21H,2-5,14-16H2,1H3,(H,25,28)(H,26,29)/b13-11+.